The molecule has 0 saturated carbocycles. The van der Waals surface area contributed by atoms with E-state index in [1.54, 1.807) is 0 Å². The van der Waals surface area contributed by atoms with Crippen molar-refractivity contribution in [3.8, 4) is 0 Å². The molecule has 3 N–H and O–H groups in total. The smallest absolute Gasteiger partial charge is 0.230 e. The van der Waals surface area contributed by atoms with E-state index in [0.29, 0.717) is 17.3 Å². The van der Waals surface area contributed by atoms with E-state index in [2.05, 4.69) is 5.32 Å². The van der Waals surface area contributed by atoms with Crippen LogP contribution in [0.5, 0.6) is 0 Å². The van der Waals surface area contributed by atoms with E-state index in [1.165, 1.54) is 11.8 Å². The lowest BCUT2D eigenvalue weighted by molar-refractivity contribution is -0.119. The SMILES string of the molecule is CC(C)NC(=O)CSc1cccc(Cl)c1CN. The average molecular weight is 273 g/mol. The first-order valence-electron chi connectivity index (χ1n) is 5.44. The van der Waals surface area contributed by atoms with Crippen molar-refractivity contribution in [2.75, 3.05) is 5.75 Å². The Hall–Kier alpha value is -0.710. The molecule has 0 aliphatic heterocycles. The van der Waals surface area contributed by atoms with Crippen molar-refractivity contribution in [2.24, 2.45) is 5.73 Å². The fourth-order valence-corrected chi connectivity index (χ4v) is 2.60. The summed E-state index contributed by atoms with van der Waals surface area (Å²) in [5, 5.41) is 3.50. The van der Waals surface area contributed by atoms with Crippen LogP contribution in [-0.4, -0.2) is 17.7 Å². The second-order valence-electron chi connectivity index (χ2n) is 3.93. The zero-order valence-electron chi connectivity index (χ0n) is 10.00. The molecule has 17 heavy (non-hydrogen) atoms. The molecular formula is C12H17ClN2OS. The molecular weight excluding hydrogens is 256 g/mol. The maximum atomic E-state index is 11.5. The summed E-state index contributed by atoms with van der Waals surface area (Å²) in [6.07, 6.45) is 0. The topological polar surface area (TPSA) is 55.1 Å². The Kier molecular flexibility index (Phi) is 5.82. The minimum Gasteiger partial charge on any atom is -0.353 e. The summed E-state index contributed by atoms with van der Waals surface area (Å²) in [7, 11) is 0. The quantitative estimate of drug-likeness (QED) is 0.810. The molecule has 94 valence electrons. The van der Waals surface area contributed by atoms with Gasteiger partial charge >= 0.3 is 0 Å². The van der Waals surface area contributed by atoms with E-state index < -0.39 is 0 Å². The Bertz CT molecular complexity index is 396. The summed E-state index contributed by atoms with van der Waals surface area (Å²) in [5.74, 6) is 0.402. The van der Waals surface area contributed by atoms with Gasteiger partial charge in [-0.2, -0.15) is 0 Å². The van der Waals surface area contributed by atoms with Crippen LogP contribution in [0.2, 0.25) is 5.02 Å². The number of amides is 1. The Morgan fingerprint density at radius 3 is 2.82 bits per heavy atom. The lowest BCUT2D eigenvalue weighted by Crippen LogP contribution is -2.31. The van der Waals surface area contributed by atoms with Gasteiger partial charge in [-0.05, 0) is 31.5 Å². The molecule has 1 rings (SSSR count). The van der Waals surface area contributed by atoms with Crippen molar-refractivity contribution in [2.45, 2.75) is 31.3 Å². The summed E-state index contributed by atoms with van der Waals surface area (Å²) in [5.41, 5.74) is 6.54. The average Bonchev–Trinajstić information content (AvgIpc) is 2.25. The summed E-state index contributed by atoms with van der Waals surface area (Å²) in [4.78, 5) is 12.5. The van der Waals surface area contributed by atoms with Crippen LogP contribution in [-0.2, 0) is 11.3 Å². The van der Waals surface area contributed by atoms with Gasteiger partial charge in [0.2, 0.25) is 5.91 Å². The number of rotatable bonds is 5. The van der Waals surface area contributed by atoms with Gasteiger partial charge in [-0.1, -0.05) is 17.7 Å². The van der Waals surface area contributed by atoms with Crippen LogP contribution in [0.4, 0.5) is 0 Å². The lowest BCUT2D eigenvalue weighted by atomic mass is 10.2. The molecule has 0 unspecified atom stereocenters. The third-order valence-corrected chi connectivity index (χ3v) is 3.54. The van der Waals surface area contributed by atoms with E-state index >= 15 is 0 Å². The fraction of sp³-hybridized carbons (Fsp3) is 0.417. The summed E-state index contributed by atoms with van der Waals surface area (Å²) in [6.45, 7) is 4.26. The summed E-state index contributed by atoms with van der Waals surface area (Å²) >= 11 is 7.49. The zero-order valence-corrected chi connectivity index (χ0v) is 11.6. The van der Waals surface area contributed by atoms with Crippen LogP contribution >= 0.6 is 23.4 Å². The normalized spacial score (nSPS) is 10.6. The molecule has 0 fully saturated rings. The Labute approximate surface area is 111 Å². The number of nitrogens with two attached hydrogens (primary N) is 1. The highest BCUT2D eigenvalue weighted by molar-refractivity contribution is 8.00. The predicted molar refractivity (Wildman–Crippen MR) is 73.3 cm³/mol. The lowest BCUT2D eigenvalue weighted by Gasteiger charge is -2.10. The van der Waals surface area contributed by atoms with E-state index in [0.717, 1.165) is 10.5 Å². The van der Waals surface area contributed by atoms with Gasteiger partial charge in [-0.3, -0.25) is 4.79 Å². The Morgan fingerprint density at radius 2 is 2.24 bits per heavy atom. The second-order valence-corrected chi connectivity index (χ2v) is 5.36. The van der Waals surface area contributed by atoms with Gasteiger partial charge in [0, 0.05) is 22.5 Å². The minimum atomic E-state index is 0.0212. The second kappa shape index (κ2) is 6.89. The maximum Gasteiger partial charge on any atom is 0.230 e. The maximum absolute atomic E-state index is 11.5. The Morgan fingerprint density at radius 1 is 1.53 bits per heavy atom. The number of benzene rings is 1. The van der Waals surface area contributed by atoms with Crippen molar-refractivity contribution in [1.29, 1.82) is 0 Å². The van der Waals surface area contributed by atoms with Crippen LogP contribution < -0.4 is 11.1 Å². The van der Waals surface area contributed by atoms with Crippen molar-refractivity contribution in [3.05, 3.63) is 28.8 Å². The monoisotopic (exact) mass is 272 g/mol. The first kappa shape index (κ1) is 14.4. The molecule has 1 aromatic rings. The van der Waals surface area contributed by atoms with Crippen LogP contribution in [0.15, 0.2) is 23.1 Å². The number of nitrogens with one attached hydrogen (secondary N) is 1. The number of halogens is 1. The van der Waals surface area contributed by atoms with Crippen LogP contribution in [0, 0.1) is 0 Å². The molecule has 3 nitrogen and oxygen atoms in total. The molecule has 0 radical (unpaired) electrons. The van der Waals surface area contributed by atoms with Crippen LogP contribution in [0.25, 0.3) is 0 Å². The van der Waals surface area contributed by atoms with Gasteiger partial charge in [0.25, 0.3) is 0 Å². The predicted octanol–water partition coefficient (Wildman–Crippen LogP) is 2.42. The van der Waals surface area contributed by atoms with Gasteiger partial charge in [-0.25, -0.2) is 0 Å². The largest absolute Gasteiger partial charge is 0.353 e. The summed E-state index contributed by atoms with van der Waals surface area (Å²) < 4.78 is 0. The third kappa shape index (κ3) is 4.58. The van der Waals surface area contributed by atoms with Crippen LogP contribution in [0.1, 0.15) is 19.4 Å². The highest BCUT2D eigenvalue weighted by Crippen LogP contribution is 2.27. The number of hydrogen-bond donors (Lipinski definition) is 2. The number of carbonyl (C=O) groups excluding carboxylic acids is 1. The zero-order chi connectivity index (χ0) is 12.8. The Balaban J connectivity index is 2.63. The van der Waals surface area contributed by atoms with Gasteiger partial charge in [-0.15, -0.1) is 11.8 Å². The number of thioether (sulfide) groups is 1. The summed E-state index contributed by atoms with van der Waals surface area (Å²) in [6, 6.07) is 5.77. The van der Waals surface area contributed by atoms with Gasteiger partial charge in [0.1, 0.15) is 0 Å². The van der Waals surface area contributed by atoms with Gasteiger partial charge in [0.05, 0.1) is 5.75 Å². The molecule has 0 aliphatic rings. The molecule has 0 saturated heterocycles. The van der Waals surface area contributed by atoms with Crippen molar-refractivity contribution in [3.63, 3.8) is 0 Å². The van der Waals surface area contributed by atoms with E-state index in [9.17, 15) is 4.79 Å². The first-order valence-corrected chi connectivity index (χ1v) is 6.80. The molecule has 0 atom stereocenters. The number of hydrogen-bond acceptors (Lipinski definition) is 3. The minimum absolute atomic E-state index is 0.0212. The van der Waals surface area contributed by atoms with Crippen molar-refractivity contribution < 1.29 is 4.79 Å². The van der Waals surface area contributed by atoms with Gasteiger partial charge in [0.15, 0.2) is 0 Å². The standard InChI is InChI=1S/C12H17ClN2OS/c1-8(2)15-12(16)7-17-11-5-3-4-10(13)9(11)6-14/h3-5,8H,6-7,14H2,1-2H3,(H,15,16). The molecule has 5 heteroatoms. The van der Waals surface area contributed by atoms with Gasteiger partial charge < -0.3 is 11.1 Å². The van der Waals surface area contributed by atoms with E-state index in [1.807, 2.05) is 32.0 Å². The van der Waals surface area contributed by atoms with Crippen LogP contribution in [0.3, 0.4) is 0 Å². The molecule has 0 aromatic heterocycles. The highest BCUT2D eigenvalue weighted by Gasteiger charge is 2.09. The highest BCUT2D eigenvalue weighted by atomic mass is 35.5. The fourth-order valence-electron chi connectivity index (χ4n) is 1.38. The third-order valence-electron chi connectivity index (χ3n) is 2.09. The van der Waals surface area contributed by atoms with E-state index in [4.69, 9.17) is 17.3 Å². The van der Waals surface area contributed by atoms with E-state index in [-0.39, 0.29) is 11.9 Å². The first-order chi connectivity index (χ1) is 8.04. The molecule has 0 heterocycles. The molecule has 0 bridgehead atoms. The van der Waals surface area contributed by atoms with Crippen molar-refractivity contribution in [1.82, 2.24) is 5.32 Å². The van der Waals surface area contributed by atoms with Crippen molar-refractivity contribution >= 4 is 29.3 Å². The molecule has 0 spiro atoms. The number of carbonyl (C=O) groups is 1. The molecule has 0 aliphatic carbocycles. The molecule has 1 aromatic carbocycles. The molecule has 1 amide bonds.